The lowest BCUT2D eigenvalue weighted by atomic mass is 9.88. The maximum Gasteiger partial charge on any atom is 0.407 e. The summed E-state index contributed by atoms with van der Waals surface area (Å²) < 4.78 is 4.57. The average Bonchev–Trinajstić information content (AvgIpc) is 3.08. The number of alkyl carbamates (subject to hydrolysis) is 1. The molecule has 1 N–H and O–H groups in total. The molecule has 1 aliphatic carbocycles. The number of methoxy groups -OCH3 is 1. The molecule has 1 rings (SSSR count). The van der Waals surface area contributed by atoms with Crippen LogP contribution in [0.1, 0.15) is 52.4 Å². The van der Waals surface area contributed by atoms with Gasteiger partial charge in [0.2, 0.25) is 0 Å². The lowest BCUT2D eigenvalue weighted by molar-refractivity contribution is -0.126. The molecule has 0 bridgehead atoms. The van der Waals surface area contributed by atoms with Crippen LogP contribution in [0.25, 0.3) is 0 Å². The van der Waals surface area contributed by atoms with Crippen molar-refractivity contribution in [3.8, 4) is 0 Å². The van der Waals surface area contributed by atoms with Gasteiger partial charge in [-0.15, -0.1) is 0 Å². The SMILES string of the molecule is CCCC(CCC)C(=O)C1(NC(=O)OC)CC1. The number of carbonyl (C=O) groups is 2. The normalized spacial score (nSPS) is 16.7. The first-order valence-corrected chi connectivity index (χ1v) is 6.50. The fourth-order valence-electron chi connectivity index (χ4n) is 2.30. The largest absolute Gasteiger partial charge is 0.453 e. The molecule has 0 saturated heterocycles. The van der Waals surface area contributed by atoms with Gasteiger partial charge in [0.1, 0.15) is 5.54 Å². The number of nitrogens with one attached hydrogen (secondary N) is 1. The highest BCUT2D eigenvalue weighted by molar-refractivity contribution is 5.96. The van der Waals surface area contributed by atoms with Crippen LogP contribution < -0.4 is 5.32 Å². The van der Waals surface area contributed by atoms with Gasteiger partial charge in [-0.3, -0.25) is 4.79 Å². The third-order valence-corrected chi connectivity index (χ3v) is 3.39. The molecule has 0 unspecified atom stereocenters. The van der Waals surface area contributed by atoms with E-state index in [0.29, 0.717) is 0 Å². The third kappa shape index (κ3) is 3.45. The van der Waals surface area contributed by atoms with E-state index in [2.05, 4.69) is 23.9 Å². The summed E-state index contributed by atoms with van der Waals surface area (Å²) in [5.41, 5.74) is -0.609. The molecule has 4 nitrogen and oxygen atoms in total. The zero-order chi connectivity index (χ0) is 12.9. The molecule has 0 aliphatic heterocycles. The number of ketones is 1. The van der Waals surface area contributed by atoms with Gasteiger partial charge in [0, 0.05) is 5.92 Å². The molecule has 0 atom stereocenters. The number of ether oxygens (including phenoxy) is 1. The molecule has 98 valence electrons. The molecule has 0 aromatic carbocycles. The maximum atomic E-state index is 12.4. The third-order valence-electron chi connectivity index (χ3n) is 3.39. The van der Waals surface area contributed by atoms with Crippen LogP contribution in [0.3, 0.4) is 0 Å². The monoisotopic (exact) mass is 241 g/mol. The molecule has 4 heteroatoms. The number of amides is 1. The summed E-state index contributed by atoms with van der Waals surface area (Å²) in [4.78, 5) is 23.6. The molecular formula is C13H23NO3. The highest BCUT2D eigenvalue weighted by atomic mass is 16.5. The minimum absolute atomic E-state index is 0.0876. The highest BCUT2D eigenvalue weighted by Crippen LogP contribution is 2.40. The fraction of sp³-hybridized carbons (Fsp3) is 0.846. The molecule has 1 aliphatic rings. The quantitative estimate of drug-likeness (QED) is 0.745. The molecule has 0 aromatic rings. The Morgan fingerprint density at radius 2 is 1.76 bits per heavy atom. The predicted molar refractivity (Wildman–Crippen MR) is 65.8 cm³/mol. The van der Waals surface area contributed by atoms with Crippen molar-refractivity contribution in [3.05, 3.63) is 0 Å². The minimum atomic E-state index is -0.609. The molecule has 0 heterocycles. The van der Waals surface area contributed by atoms with E-state index in [1.807, 2.05) is 0 Å². The summed E-state index contributed by atoms with van der Waals surface area (Å²) in [6, 6.07) is 0. The Morgan fingerprint density at radius 1 is 1.24 bits per heavy atom. The number of carbonyl (C=O) groups excluding carboxylic acids is 2. The van der Waals surface area contributed by atoms with E-state index in [1.165, 1.54) is 7.11 Å². The smallest absolute Gasteiger partial charge is 0.407 e. The molecule has 1 fully saturated rings. The Balaban J connectivity index is 2.62. The van der Waals surface area contributed by atoms with Gasteiger partial charge < -0.3 is 10.1 Å². The fourth-order valence-corrected chi connectivity index (χ4v) is 2.30. The van der Waals surface area contributed by atoms with Crippen molar-refractivity contribution in [1.29, 1.82) is 0 Å². The van der Waals surface area contributed by atoms with Gasteiger partial charge in [0.15, 0.2) is 5.78 Å². The van der Waals surface area contributed by atoms with Gasteiger partial charge in [0.05, 0.1) is 7.11 Å². The Bertz CT molecular complexity index is 278. The number of rotatable bonds is 7. The van der Waals surface area contributed by atoms with Crippen molar-refractivity contribution in [1.82, 2.24) is 5.32 Å². The van der Waals surface area contributed by atoms with E-state index in [9.17, 15) is 9.59 Å². The van der Waals surface area contributed by atoms with Crippen molar-refractivity contribution in [2.75, 3.05) is 7.11 Å². The van der Waals surface area contributed by atoms with Crippen molar-refractivity contribution >= 4 is 11.9 Å². The molecule has 1 saturated carbocycles. The number of Topliss-reactive ketones (excluding diaryl/α,β-unsaturated/α-hetero) is 1. The second kappa shape index (κ2) is 6.03. The number of hydrogen-bond donors (Lipinski definition) is 1. The number of hydrogen-bond acceptors (Lipinski definition) is 3. The van der Waals surface area contributed by atoms with Crippen molar-refractivity contribution in [3.63, 3.8) is 0 Å². The zero-order valence-electron chi connectivity index (χ0n) is 11.0. The van der Waals surface area contributed by atoms with Gasteiger partial charge in [0.25, 0.3) is 0 Å². The molecular weight excluding hydrogens is 218 g/mol. The van der Waals surface area contributed by atoms with Crippen molar-refractivity contribution in [2.24, 2.45) is 5.92 Å². The second-order valence-electron chi connectivity index (χ2n) is 4.84. The van der Waals surface area contributed by atoms with Crippen LogP contribution in [0.4, 0.5) is 4.79 Å². The summed E-state index contributed by atoms with van der Waals surface area (Å²) in [7, 11) is 1.32. The highest BCUT2D eigenvalue weighted by Gasteiger charge is 2.52. The first kappa shape index (κ1) is 14.0. The summed E-state index contributed by atoms with van der Waals surface area (Å²) in [6.45, 7) is 4.17. The topological polar surface area (TPSA) is 55.4 Å². The first-order chi connectivity index (χ1) is 8.09. The van der Waals surface area contributed by atoms with E-state index in [1.54, 1.807) is 0 Å². The predicted octanol–water partition coefficient (Wildman–Crippen LogP) is 2.66. The summed E-state index contributed by atoms with van der Waals surface area (Å²) in [6.07, 6.45) is 4.85. The van der Waals surface area contributed by atoms with Crippen molar-refractivity contribution in [2.45, 2.75) is 57.9 Å². The van der Waals surface area contributed by atoms with Crippen molar-refractivity contribution < 1.29 is 14.3 Å². The van der Waals surface area contributed by atoms with Crippen LogP contribution in [0, 0.1) is 5.92 Å². The van der Waals surface area contributed by atoms with E-state index in [4.69, 9.17) is 0 Å². The lowest BCUT2D eigenvalue weighted by Gasteiger charge is -2.22. The average molecular weight is 241 g/mol. The Labute approximate surface area is 103 Å². The minimum Gasteiger partial charge on any atom is -0.453 e. The second-order valence-corrected chi connectivity index (χ2v) is 4.84. The summed E-state index contributed by atoms with van der Waals surface area (Å²) in [5.74, 6) is 0.288. The standard InChI is InChI=1S/C13H23NO3/c1-4-6-10(7-5-2)11(15)13(8-9-13)14-12(16)17-3/h10H,4-9H2,1-3H3,(H,14,16). The van der Waals surface area contributed by atoms with Gasteiger partial charge in [-0.05, 0) is 25.7 Å². The molecule has 0 spiro atoms. The molecule has 0 radical (unpaired) electrons. The van der Waals surface area contributed by atoms with Crippen LogP contribution in [0.2, 0.25) is 0 Å². The first-order valence-electron chi connectivity index (χ1n) is 6.50. The van der Waals surface area contributed by atoms with Crippen LogP contribution in [-0.4, -0.2) is 24.5 Å². The zero-order valence-corrected chi connectivity index (χ0v) is 11.0. The van der Waals surface area contributed by atoms with Crippen LogP contribution >= 0.6 is 0 Å². The molecule has 17 heavy (non-hydrogen) atoms. The van der Waals surface area contributed by atoms with Gasteiger partial charge in [-0.1, -0.05) is 26.7 Å². The van der Waals surface area contributed by atoms with E-state index >= 15 is 0 Å². The Hall–Kier alpha value is -1.06. The van der Waals surface area contributed by atoms with Gasteiger partial charge in [-0.25, -0.2) is 4.79 Å². The molecule has 1 amide bonds. The molecule has 0 aromatic heterocycles. The van der Waals surface area contributed by atoms with E-state index < -0.39 is 11.6 Å². The maximum absolute atomic E-state index is 12.4. The Morgan fingerprint density at radius 3 is 2.12 bits per heavy atom. The Kier molecular flexibility index (Phi) is 4.97. The van der Waals surface area contributed by atoms with E-state index in [0.717, 1.165) is 38.5 Å². The van der Waals surface area contributed by atoms with Crippen LogP contribution in [0.15, 0.2) is 0 Å². The van der Waals surface area contributed by atoms with Crippen LogP contribution in [-0.2, 0) is 9.53 Å². The van der Waals surface area contributed by atoms with Crippen LogP contribution in [0.5, 0.6) is 0 Å². The van der Waals surface area contributed by atoms with Gasteiger partial charge >= 0.3 is 6.09 Å². The summed E-state index contributed by atoms with van der Waals surface area (Å²) >= 11 is 0. The summed E-state index contributed by atoms with van der Waals surface area (Å²) in [5, 5.41) is 2.70. The van der Waals surface area contributed by atoms with E-state index in [-0.39, 0.29) is 11.7 Å². The van der Waals surface area contributed by atoms with Gasteiger partial charge in [-0.2, -0.15) is 0 Å². The lowest BCUT2D eigenvalue weighted by Crippen LogP contribution is -2.45.